The smallest absolute Gasteiger partial charge is 0.188 e. The van der Waals surface area contributed by atoms with Crippen molar-refractivity contribution in [3.05, 3.63) is 0 Å². The zero-order valence-corrected chi connectivity index (χ0v) is 16.7. The first-order valence-electron chi connectivity index (χ1n) is 8.25. The van der Waals surface area contributed by atoms with E-state index in [0.29, 0.717) is 12.0 Å². The summed E-state index contributed by atoms with van der Waals surface area (Å²) in [6, 6.07) is 0.452. The number of piperazine rings is 1. The lowest BCUT2D eigenvalue weighted by molar-refractivity contribution is 0.109. The molecule has 1 aliphatic rings. The summed E-state index contributed by atoms with van der Waals surface area (Å²) in [5, 5.41) is 3.14. The molecule has 1 atom stereocenters. The Morgan fingerprint density at radius 3 is 2.55 bits per heavy atom. The van der Waals surface area contributed by atoms with Gasteiger partial charge in [-0.15, -0.1) is 24.0 Å². The van der Waals surface area contributed by atoms with Crippen LogP contribution in [0.4, 0.5) is 0 Å². The van der Waals surface area contributed by atoms with Crippen LogP contribution in [0, 0.1) is 0 Å². The number of nitrogens with zero attached hydrogens (tertiary/aromatic N) is 3. The van der Waals surface area contributed by atoms with Crippen LogP contribution in [0.3, 0.4) is 0 Å². The Morgan fingerprint density at radius 1 is 1.27 bits per heavy atom. The van der Waals surface area contributed by atoms with Crippen molar-refractivity contribution < 1.29 is 4.74 Å². The molecule has 1 rings (SSSR count). The number of hydrogen-bond acceptors (Lipinski definition) is 4. The van der Waals surface area contributed by atoms with Crippen molar-refractivity contribution in [3.8, 4) is 0 Å². The third kappa shape index (κ3) is 9.12. The number of nitrogens with one attached hydrogen (secondary N) is 1. The molecule has 1 unspecified atom stereocenters. The van der Waals surface area contributed by atoms with Gasteiger partial charge in [0, 0.05) is 52.0 Å². The lowest BCUT2D eigenvalue weighted by Crippen LogP contribution is -2.50. The molecule has 3 N–H and O–H groups in total. The second kappa shape index (κ2) is 13.3. The van der Waals surface area contributed by atoms with Crippen LogP contribution in [-0.2, 0) is 4.74 Å². The highest BCUT2D eigenvalue weighted by atomic mass is 127. The molecule has 1 aliphatic heterocycles. The van der Waals surface area contributed by atoms with Crippen LogP contribution in [0.2, 0.25) is 0 Å². The third-order valence-corrected chi connectivity index (χ3v) is 3.98. The second-order valence-electron chi connectivity index (χ2n) is 5.52. The second-order valence-corrected chi connectivity index (χ2v) is 5.52. The SMILES string of the molecule is CCOCCCNC(N)=NCC(C)N1CCN(CC)CC1.I. The number of ether oxygens (including phenoxy) is 1. The van der Waals surface area contributed by atoms with E-state index in [1.165, 1.54) is 0 Å². The van der Waals surface area contributed by atoms with Crippen molar-refractivity contribution in [2.75, 3.05) is 59.0 Å². The summed E-state index contributed by atoms with van der Waals surface area (Å²) in [6.07, 6.45) is 0.957. The molecule has 0 radical (unpaired) electrons. The van der Waals surface area contributed by atoms with Gasteiger partial charge in [0.05, 0.1) is 6.54 Å². The van der Waals surface area contributed by atoms with Gasteiger partial charge in [-0.25, -0.2) is 0 Å². The van der Waals surface area contributed by atoms with Gasteiger partial charge < -0.3 is 20.7 Å². The zero-order valence-electron chi connectivity index (χ0n) is 14.4. The molecule has 132 valence electrons. The Bertz CT molecular complexity index is 296. The van der Waals surface area contributed by atoms with Crippen molar-refractivity contribution >= 4 is 29.9 Å². The minimum absolute atomic E-state index is 0. The van der Waals surface area contributed by atoms with Crippen LogP contribution < -0.4 is 11.1 Å². The Kier molecular flexibility index (Phi) is 13.3. The molecular weight excluding hydrogens is 393 g/mol. The molecule has 0 aromatic rings. The quantitative estimate of drug-likeness (QED) is 0.248. The van der Waals surface area contributed by atoms with Crippen LogP contribution >= 0.6 is 24.0 Å². The molecule has 1 saturated heterocycles. The van der Waals surface area contributed by atoms with Gasteiger partial charge in [-0.05, 0) is 26.8 Å². The first-order valence-corrected chi connectivity index (χ1v) is 8.25. The molecule has 0 bridgehead atoms. The molecule has 0 aliphatic carbocycles. The van der Waals surface area contributed by atoms with E-state index in [2.05, 4.69) is 34.0 Å². The summed E-state index contributed by atoms with van der Waals surface area (Å²) in [6.45, 7) is 15.3. The first-order chi connectivity index (χ1) is 10.2. The third-order valence-electron chi connectivity index (χ3n) is 3.98. The lowest BCUT2D eigenvalue weighted by atomic mass is 10.2. The van der Waals surface area contributed by atoms with E-state index < -0.39 is 0 Å². The van der Waals surface area contributed by atoms with E-state index in [4.69, 9.17) is 10.5 Å². The normalized spacial score (nSPS) is 18.8. The highest BCUT2D eigenvalue weighted by Gasteiger charge is 2.19. The van der Waals surface area contributed by atoms with E-state index in [1.54, 1.807) is 0 Å². The number of nitrogens with two attached hydrogens (primary N) is 1. The van der Waals surface area contributed by atoms with Crippen LogP contribution in [-0.4, -0.2) is 80.8 Å². The number of likely N-dealkylation sites (N-methyl/N-ethyl adjacent to an activating group) is 1. The van der Waals surface area contributed by atoms with E-state index in [0.717, 1.165) is 65.4 Å². The molecule has 0 saturated carbocycles. The fraction of sp³-hybridized carbons (Fsp3) is 0.933. The minimum atomic E-state index is 0. The van der Waals surface area contributed by atoms with Gasteiger partial charge in [0.15, 0.2) is 5.96 Å². The maximum atomic E-state index is 5.88. The molecule has 0 amide bonds. The summed E-state index contributed by atoms with van der Waals surface area (Å²) in [5.41, 5.74) is 5.88. The van der Waals surface area contributed by atoms with Crippen molar-refractivity contribution in [1.82, 2.24) is 15.1 Å². The molecule has 6 nitrogen and oxygen atoms in total. The summed E-state index contributed by atoms with van der Waals surface area (Å²) >= 11 is 0. The molecular formula is C15H34IN5O. The molecule has 22 heavy (non-hydrogen) atoms. The van der Waals surface area contributed by atoms with Crippen molar-refractivity contribution in [3.63, 3.8) is 0 Å². The number of hydrogen-bond donors (Lipinski definition) is 2. The molecule has 0 aromatic carbocycles. The minimum Gasteiger partial charge on any atom is -0.382 e. The summed E-state index contributed by atoms with van der Waals surface area (Å²) in [4.78, 5) is 9.43. The van der Waals surface area contributed by atoms with Gasteiger partial charge in [0.2, 0.25) is 0 Å². The fourth-order valence-corrected chi connectivity index (χ4v) is 2.46. The molecule has 0 spiro atoms. The maximum absolute atomic E-state index is 5.88. The van der Waals surface area contributed by atoms with E-state index in [1.807, 2.05) is 6.92 Å². The Balaban J connectivity index is 0.00000441. The van der Waals surface area contributed by atoms with Crippen LogP contribution in [0.25, 0.3) is 0 Å². The number of halogens is 1. The van der Waals surface area contributed by atoms with Gasteiger partial charge in [0.1, 0.15) is 0 Å². The Morgan fingerprint density at radius 2 is 1.95 bits per heavy atom. The van der Waals surface area contributed by atoms with Crippen molar-refractivity contribution in [2.45, 2.75) is 33.2 Å². The molecule has 1 heterocycles. The summed E-state index contributed by atoms with van der Waals surface area (Å²) in [7, 11) is 0. The predicted molar refractivity (Wildman–Crippen MR) is 104 cm³/mol. The van der Waals surface area contributed by atoms with Crippen LogP contribution in [0.5, 0.6) is 0 Å². The van der Waals surface area contributed by atoms with Crippen LogP contribution in [0.1, 0.15) is 27.2 Å². The Labute approximate surface area is 152 Å². The van der Waals surface area contributed by atoms with E-state index >= 15 is 0 Å². The Hall–Kier alpha value is -0.120. The zero-order chi connectivity index (χ0) is 15.5. The van der Waals surface area contributed by atoms with E-state index in [-0.39, 0.29) is 24.0 Å². The van der Waals surface area contributed by atoms with E-state index in [9.17, 15) is 0 Å². The average molecular weight is 427 g/mol. The number of guanidine groups is 1. The van der Waals surface area contributed by atoms with Gasteiger partial charge >= 0.3 is 0 Å². The van der Waals surface area contributed by atoms with Gasteiger partial charge in [-0.3, -0.25) is 9.89 Å². The van der Waals surface area contributed by atoms with Gasteiger partial charge in [-0.2, -0.15) is 0 Å². The monoisotopic (exact) mass is 427 g/mol. The lowest BCUT2D eigenvalue weighted by Gasteiger charge is -2.37. The topological polar surface area (TPSA) is 66.1 Å². The molecule has 7 heteroatoms. The summed E-state index contributed by atoms with van der Waals surface area (Å²) in [5.74, 6) is 0.547. The summed E-state index contributed by atoms with van der Waals surface area (Å²) < 4.78 is 5.28. The first kappa shape index (κ1) is 21.9. The maximum Gasteiger partial charge on any atom is 0.188 e. The van der Waals surface area contributed by atoms with Gasteiger partial charge in [-0.1, -0.05) is 6.92 Å². The van der Waals surface area contributed by atoms with Crippen LogP contribution in [0.15, 0.2) is 4.99 Å². The predicted octanol–water partition coefficient (Wildman–Crippen LogP) is 0.961. The average Bonchev–Trinajstić information content (AvgIpc) is 2.52. The van der Waals surface area contributed by atoms with Crippen molar-refractivity contribution in [1.29, 1.82) is 0 Å². The fourth-order valence-electron chi connectivity index (χ4n) is 2.46. The molecule has 1 fully saturated rings. The largest absolute Gasteiger partial charge is 0.382 e. The number of rotatable bonds is 9. The van der Waals surface area contributed by atoms with Crippen molar-refractivity contribution in [2.24, 2.45) is 10.7 Å². The standard InChI is InChI=1S/C15H33N5O.HI/c1-4-19-8-10-20(11-9-19)14(3)13-18-15(16)17-7-6-12-21-5-2;/h14H,4-13H2,1-3H3,(H3,16,17,18);1H. The highest BCUT2D eigenvalue weighted by molar-refractivity contribution is 14.0. The van der Waals surface area contributed by atoms with Gasteiger partial charge in [0.25, 0.3) is 0 Å². The number of aliphatic imine (C=N–C) groups is 1. The molecule has 0 aromatic heterocycles. The highest BCUT2D eigenvalue weighted by Crippen LogP contribution is 2.06.